The van der Waals surface area contributed by atoms with Crippen LogP contribution >= 0.6 is 0 Å². The largest absolute Gasteiger partial charge is 0.382 e. The van der Waals surface area contributed by atoms with Gasteiger partial charge in [-0.15, -0.1) is 0 Å². The molecular formula is C17H21FN2O. The predicted octanol–water partition coefficient (Wildman–Crippen LogP) is 2.50. The summed E-state index contributed by atoms with van der Waals surface area (Å²) in [5.41, 5.74) is 6.32. The van der Waals surface area contributed by atoms with Gasteiger partial charge >= 0.3 is 0 Å². The second kappa shape index (κ2) is 6.70. The minimum absolute atomic E-state index is 0.120. The highest BCUT2D eigenvalue weighted by molar-refractivity contribution is 5.47. The van der Waals surface area contributed by atoms with Crippen LogP contribution in [0.5, 0.6) is 0 Å². The third-order valence-corrected chi connectivity index (χ3v) is 3.67. The van der Waals surface area contributed by atoms with E-state index >= 15 is 0 Å². The molecule has 0 aliphatic carbocycles. The Hall–Kier alpha value is -1.91. The van der Waals surface area contributed by atoms with E-state index in [1.54, 1.807) is 12.1 Å². The quantitative estimate of drug-likeness (QED) is 0.858. The van der Waals surface area contributed by atoms with Crippen LogP contribution in [0.25, 0.3) is 0 Å². The summed E-state index contributed by atoms with van der Waals surface area (Å²) >= 11 is 0. The maximum atomic E-state index is 13.0. The van der Waals surface area contributed by atoms with Gasteiger partial charge in [-0.3, -0.25) is 0 Å². The normalized spacial score (nSPS) is 13.7. The van der Waals surface area contributed by atoms with Crippen molar-refractivity contribution < 1.29 is 9.50 Å². The van der Waals surface area contributed by atoms with Gasteiger partial charge in [-0.05, 0) is 36.8 Å². The summed E-state index contributed by atoms with van der Waals surface area (Å²) in [7, 11) is 0. The number of nitrogens with zero attached hydrogens (tertiary/aromatic N) is 1. The van der Waals surface area contributed by atoms with Crippen molar-refractivity contribution in [2.45, 2.75) is 12.5 Å². The first-order chi connectivity index (χ1) is 10.1. The Morgan fingerprint density at radius 3 is 2.24 bits per heavy atom. The van der Waals surface area contributed by atoms with Gasteiger partial charge in [-0.2, -0.15) is 0 Å². The topological polar surface area (TPSA) is 49.5 Å². The van der Waals surface area contributed by atoms with Gasteiger partial charge in [0.1, 0.15) is 11.4 Å². The van der Waals surface area contributed by atoms with Crippen LogP contribution in [-0.4, -0.2) is 24.7 Å². The van der Waals surface area contributed by atoms with Crippen molar-refractivity contribution in [2.24, 2.45) is 5.73 Å². The van der Waals surface area contributed by atoms with Crippen LogP contribution in [0.2, 0.25) is 0 Å². The Kier molecular flexibility index (Phi) is 4.94. The molecule has 0 aliphatic heterocycles. The van der Waals surface area contributed by atoms with E-state index in [0.717, 1.165) is 11.3 Å². The molecule has 0 bridgehead atoms. The average molecular weight is 288 g/mol. The van der Waals surface area contributed by atoms with Crippen molar-refractivity contribution in [1.82, 2.24) is 0 Å². The van der Waals surface area contributed by atoms with E-state index in [-0.39, 0.29) is 12.4 Å². The van der Waals surface area contributed by atoms with Crippen molar-refractivity contribution in [1.29, 1.82) is 0 Å². The van der Waals surface area contributed by atoms with E-state index in [4.69, 9.17) is 5.73 Å². The van der Waals surface area contributed by atoms with E-state index in [1.165, 1.54) is 12.1 Å². The molecule has 0 amide bonds. The summed E-state index contributed by atoms with van der Waals surface area (Å²) in [6.45, 7) is 3.16. The highest BCUT2D eigenvalue weighted by Gasteiger charge is 2.30. The standard InChI is InChI=1S/C17H21FN2O/c1-2-20(16-10-8-15(18)9-11-16)13-17(21,12-19)14-6-4-3-5-7-14/h3-11,21H,2,12-13,19H2,1H3. The van der Waals surface area contributed by atoms with Gasteiger partial charge in [0.2, 0.25) is 0 Å². The van der Waals surface area contributed by atoms with Gasteiger partial charge in [-0.1, -0.05) is 30.3 Å². The molecular weight excluding hydrogens is 267 g/mol. The summed E-state index contributed by atoms with van der Waals surface area (Å²) in [5, 5.41) is 10.9. The number of hydrogen-bond donors (Lipinski definition) is 2. The van der Waals surface area contributed by atoms with Crippen LogP contribution in [0.15, 0.2) is 54.6 Å². The van der Waals surface area contributed by atoms with E-state index < -0.39 is 5.60 Å². The monoisotopic (exact) mass is 288 g/mol. The lowest BCUT2D eigenvalue weighted by Gasteiger charge is -2.34. The molecule has 112 valence electrons. The molecule has 1 atom stereocenters. The van der Waals surface area contributed by atoms with Gasteiger partial charge in [0.05, 0.1) is 6.54 Å². The summed E-state index contributed by atoms with van der Waals surface area (Å²) < 4.78 is 13.0. The molecule has 0 aliphatic rings. The second-order valence-electron chi connectivity index (χ2n) is 5.09. The average Bonchev–Trinajstić information content (AvgIpc) is 2.54. The summed E-state index contributed by atoms with van der Waals surface area (Å²) in [5.74, 6) is -0.271. The smallest absolute Gasteiger partial charge is 0.123 e. The zero-order chi connectivity index (χ0) is 15.3. The van der Waals surface area contributed by atoms with Crippen LogP contribution in [0.4, 0.5) is 10.1 Å². The lowest BCUT2D eigenvalue weighted by Crippen LogP contribution is -2.46. The Morgan fingerprint density at radius 2 is 1.71 bits per heavy atom. The lowest BCUT2D eigenvalue weighted by molar-refractivity contribution is 0.0533. The van der Waals surface area contributed by atoms with Gasteiger partial charge in [0.15, 0.2) is 0 Å². The number of rotatable bonds is 6. The van der Waals surface area contributed by atoms with Gasteiger partial charge in [-0.25, -0.2) is 4.39 Å². The van der Waals surface area contributed by atoms with Crippen LogP contribution in [0, 0.1) is 5.82 Å². The number of benzene rings is 2. The Labute approximate surface area is 124 Å². The van der Waals surface area contributed by atoms with Crippen molar-refractivity contribution in [3.63, 3.8) is 0 Å². The number of likely N-dealkylation sites (N-methyl/N-ethyl adjacent to an activating group) is 1. The molecule has 4 heteroatoms. The molecule has 21 heavy (non-hydrogen) atoms. The van der Waals surface area contributed by atoms with Crippen LogP contribution in [-0.2, 0) is 5.60 Å². The Balaban J connectivity index is 2.25. The van der Waals surface area contributed by atoms with Crippen molar-refractivity contribution in [3.8, 4) is 0 Å². The van der Waals surface area contributed by atoms with Gasteiger partial charge < -0.3 is 15.7 Å². The molecule has 2 aromatic rings. The van der Waals surface area contributed by atoms with Crippen LogP contribution < -0.4 is 10.6 Å². The van der Waals surface area contributed by atoms with E-state index in [9.17, 15) is 9.50 Å². The second-order valence-corrected chi connectivity index (χ2v) is 5.09. The van der Waals surface area contributed by atoms with Crippen LogP contribution in [0.3, 0.4) is 0 Å². The first-order valence-electron chi connectivity index (χ1n) is 7.07. The first-order valence-corrected chi connectivity index (χ1v) is 7.07. The number of anilines is 1. The number of halogens is 1. The first kappa shape index (κ1) is 15.5. The molecule has 2 aromatic carbocycles. The Bertz CT molecular complexity index is 559. The highest BCUT2D eigenvalue weighted by Crippen LogP contribution is 2.24. The molecule has 3 N–H and O–H groups in total. The third kappa shape index (κ3) is 3.60. The molecule has 0 spiro atoms. The minimum atomic E-state index is -1.13. The molecule has 0 fully saturated rings. The highest BCUT2D eigenvalue weighted by atomic mass is 19.1. The van der Waals surface area contributed by atoms with Crippen molar-refractivity contribution in [2.75, 3.05) is 24.5 Å². The molecule has 0 saturated carbocycles. The fourth-order valence-corrected chi connectivity index (χ4v) is 2.38. The number of hydrogen-bond acceptors (Lipinski definition) is 3. The predicted molar refractivity (Wildman–Crippen MR) is 83.7 cm³/mol. The molecule has 1 unspecified atom stereocenters. The molecule has 2 rings (SSSR count). The fraction of sp³-hybridized carbons (Fsp3) is 0.294. The van der Waals surface area contributed by atoms with E-state index in [1.807, 2.05) is 42.2 Å². The molecule has 0 aromatic heterocycles. The SMILES string of the molecule is CCN(CC(O)(CN)c1ccccc1)c1ccc(F)cc1. The van der Waals surface area contributed by atoms with Crippen molar-refractivity contribution >= 4 is 5.69 Å². The van der Waals surface area contributed by atoms with E-state index in [0.29, 0.717) is 13.1 Å². The maximum absolute atomic E-state index is 13.0. The number of aliphatic hydroxyl groups is 1. The molecule has 0 saturated heterocycles. The minimum Gasteiger partial charge on any atom is -0.382 e. The third-order valence-electron chi connectivity index (χ3n) is 3.67. The zero-order valence-electron chi connectivity index (χ0n) is 12.2. The lowest BCUT2D eigenvalue weighted by atomic mass is 9.93. The van der Waals surface area contributed by atoms with Gasteiger partial charge in [0, 0.05) is 18.8 Å². The van der Waals surface area contributed by atoms with Crippen molar-refractivity contribution in [3.05, 3.63) is 66.0 Å². The Morgan fingerprint density at radius 1 is 1.10 bits per heavy atom. The fourth-order valence-electron chi connectivity index (χ4n) is 2.38. The number of nitrogens with two attached hydrogens (primary N) is 1. The summed E-state index contributed by atoms with van der Waals surface area (Å²) in [6, 6.07) is 15.6. The molecule has 0 heterocycles. The van der Waals surface area contributed by atoms with E-state index in [2.05, 4.69) is 0 Å². The van der Waals surface area contributed by atoms with Crippen LogP contribution in [0.1, 0.15) is 12.5 Å². The zero-order valence-corrected chi connectivity index (χ0v) is 12.2. The summed E-state index contributed by atoms with van der Waals surface area (Å²) in [4.78, 5) is 1.99. The maximum Gasteiger partial charge on any atom is 0.123 e. The molecule has 3 nitrogen and oxygen atoms in total. The summed E-state index contributed by atoms with van der Waals surface area (Å²) in [6.07, 6.45) is 0. The van der Waals surface area contributed by atoms with Gasteiger partial charge in [0.25, 0.3) is 0 Å². The molecule has 0 radical (unpaired) electrons.